The standard InChI is InChI=1S/C8H4FN3/c9-6-1-2-12-5-7(4-10)11-8(12)3-6/h1-3,5H. The topological polar surface area (TPSA) is 41.1 Å². The highest BCUT2D eigenvalue weighted by Crippen LogP contribution is 2.05. The maximum atomic E-state index is 12.6. The molecule has 0 unspecified atom stereocenters. The number of fused-ring (bicyclic) bond motifs is 1. The van der Waals surface area contributed by atoms with Crippen LogP contribution in [-0.2, 0) is 0 Å². The molecule has 0 aliphatic carbocycles. The average Bonchev–Trinajstić information content (AvgIpc) is 2.46. The summed E-state index contributed by atoms with van der Waals surface area (Å²) in [4.78, 5) is 3.85. The number of pyridine rings is 1. The fraction of sp³-hybridized carbons (Fsp3) is 0. The second kappa shape index (κ2) is 2.31. The molecule has 0 N–H and O–H groups in total. The Morgan fingerprint density at radius 1 is 1.58 bits per heavy atom. The lowest BCUT2D eigenvalue weighted by molar-refractivity contribution is 0.626. The van der Waals surface area contributed by atoms with Gasteiger partial charge in [-0.05, 0) is 6.07 Å². The van der Waals surface area contributed by atoms with Gasteiger partial charge in [0, 0.05) is 18.5 Å². The second-order valence-corrected chi connectivity index (χ2v) is 2.35. The third-order valence-corrected chi connectivity index (χ3v) is 1.54. The first-order chi connectivity index (χ1) is 5.79. The zero-order valence-corrected chi connectivity index (χ0v) is 6.03. The Morgan fingerprint density at radius 2 is 2.42 bits per heavy atom. The lowest BCUT2D eigenvalue weighted by Crippen LogP contribution is -1.82. The highest BCUT2D eigenvalue weighted by Gasteiger charge is 2.00. The summed E-state index contributed by atoms with van der Waals surface area (Å²) in [7, 11) is 0. The summed E-state index contributed by atoms with van der Waals surface area (Å²) in [5, 5.41) is 8.49. The normalized spacial score (nSPS) is 10.0. The van der Waals surface area contributed by atoms with Gasteiger partial charge in [0.2, 0.25) is 0 Å². The number of imidazole rings is 1. The summed E-state index contributed by atoms with van der Waals surface area (Å²) in [6, 6.07) is 4.48. The molecule has 0 saturated heterocycles. The van der Waals surface area contributed by atoms with Gasteiger partial charge in [-0.2, -0.15) is 5.26 Å². The molecule has 0 aliphatic heterocycles. The Labute approximate surface area is 67.7 Å². The van der Waals surface area contributed by atoms with Crippen LogP contribution in [0.5, 0.6) is 0 Å². The minimum absolute atomic E-state index is 0.292. The first kappa shape index (κ1) is 6.80. The van der Waals surface area contributed by atoms with E-state index in [1.54, 1.807) is 10.6 Å². The molecule has 0 radical (unpaired) electrons. The molecular weight excluding hydrogens is 157 g/mol. The lowest BCUT2D eigenvalue weighted by Gasteiger charge is -1.89. The van der Waals surface area contributed by atoms with Crippen LogP contribution in [0, 0.1) is 17.1 Å². The molecule has 12 heavy (non-hydrogen) atoms. The Morgan fingerprint density at radius 3 is 3.17 bits per heavy atom. The van der Waals surface area contributed by atoms with Crippen molar-refractivity contribution >= 4 is 5.65 Å². The van der Waals surface area contributed by atoms with E-state index in [0.29, 0.717) is 11.3 Å². The van der Waals surface area contributed by atoms with Crippen molar-refractivity contribution < 1.29 is 4.39 Å². The van der Waals surface area contributed by atoms with Crippen molar-refractivity contribution in [3.05, 3.63) is 36.0 Å². The van der Waals surface area contributed by atoms with Crippen LogP contribution < -0.4 is 0 Å². The van der Waals surface area contributed by atoms with Crippen LogP contribution in [0.4, 0.5) is 4.39 Å². The van der Waals surface area contributed by atoms with Crippen molar-refractivity contribution in [3.8, 4) is 6.07 Å². The molecule has 2 rings (SSSR count). The maximum absolute atomic E-state index is 12.6. The van der Waals surface area contributed by atoms with Crippen molar-refractivity contribution in [1.29, 1.82) is 5.26 Å². The molecule has 0 atom stereocenters. The SMILES string of the molecule is N#Cc1cn2ccc(F)cc2n1. The zero-order chi connectivity index (χ0) is 8.55. The van der Waals surface area contributed by atoms with Crippen molar-refractivity contribution in [2.24, 2.45) is 0 Å². The predicted molar refractivity (Wildman–Crippen MR) is 39.9 cm³/mol. The minimum atomic E-state index is -0.349. The number of nitrogens with zero attached hydrogens (tertiary/aromatic N) is 3. The quantitative estimate of drug-likeness (QED) is 0.585. The summed E-state index contributed by atoms with van der Waals surface area (Å²) in [6.45, 7) is 0. The Balaban J connectivity index is 2.77. The van der Waals surface area contributed by atoms with Crippen LogP contribution in [0.1, 0.15) is 5.69 Å². The predicted octanol–water partition coefficient (Wildman–Crippen LogP) is 1.35. The highest BCUT2D eigenvalue weighted by molar-refractivity contribution is 5.42. The minimum Gasteiger partial charge on any atom is -0.306 e. The molecule has 0 fully saturated rings. The van der Waals surface area contributed by atoms with Gasteiger partial charge in [-0.15, -0.1) is 0 Å². The molecule has 0 spiro atoms. The Kier molecular flexibility index (Phi) is 1.31. The van der Waals surface area contributed by atoms with E-state index in [1.165, 1.54) is 18.3 Å². The van der Waals surface area contributed by atoms with E-state index in [4.69, 9.17) is 5.26 Å². The van der Waals surface area contributed by atoms with Crippen LogP contribution >= 0.6 is 0 Å². The number of aromatic nitrogens is 2. The second-order valence-electron chi connectivity index (χ2n) is 2.35. The monoisotopic (exact) mass is 161 g/mol. The molecule has 58 valence electrons. The molecule has 0 saturated carbocycles. The largest absolute Gasteiger partial charge is 0.306 e. The number of halogens is 1. The first-order valence-electron chi connectivity index (χ1n) is 3.34. The molecule has 4 heteroatoms. The van der Waals surface area contributed by atoms with Crippen molar-refractivity contribution in [1.82, 2.24) is 9.38 Å². The van der Waals surface area contributed by atoms with E-state index < -0.39 is 0 Å². The van der Waals surface area contributed by atoms with E-state index in [2.05, 4.69) is 4.98 Å². The third kappa shape index (κ3) is 0.920. The summed E-state index contributed by atoms with van der Waals surface area (Å²) in [5.41, 5.74) is 0.743. The molecule has 0 bridgehead atoms. The molecule has 2 aromatic heterocycles. The number of hydrogen-bond donors (Lipinski definition) is 0. The van der Waals surface area contributed by atoms with E-state index in [1.807, 2.05) is 6.07 Å². The first-order valence-corrected chi connectivity index (χ1v) is 3.34. The molecule has 0 aliphatic rings. The fourth-order valence-electron chi connectivity index (χ4n) is 1.01. The van der Waals surface area contributed by atoms with Crippen LogP contribution in [0.25, 0.3) is 5.65 Å². The summed E-state index contributed by atoms with van der Waals surface area (Å²) in [5.74, 6) is -0.349. The van der Waals surface area contributed by atoms with Gasteiger partial charge in [0.05, 0.1) is 0 Å². The third-order valence-electron chi connectivity index (χ3n) is 1.54. The number of rotatable bonds is 0. The van der Waals surface area contributed by atoms with Gasteiger partial charge in [0.1, 0.15) is 17.5 Å². The Bertz CT molecular complexity index is 467. The van der Waals surface area contributed by atoms with Gasteiger partial charge < -0.3 is 4.40 Å². The van der Waals surface area contributed by atoms with E-state index >= 15 is 0 Å². The summed E-state index contributed by atoms with van der Waals surface area (Å²) < 4.78 is 14.2. The zero-order valence-electron chi connectivity index (χ0n) is 6.03. The maximum Gasteiger partial charge on any atom is 0.159 e. The summed E-state index contributed by atoms with van der Waals surface area (Å²) in [6.07, 6.45) is 3.08. The van der Waals surface area contributed by atoms with E-state index in [9.17, 15) is 4.39 Å². The molecular formula is C8H4FN3. The number of nitriles is 1. The van der Waals surface area contributed by atoms with Crippen molar-refractivity contribution in [2.75, 3.05) is 0 Å². The van der Waals surface area contributed by atoms with Gasteiger partial charge in [-0.25, -0.2) is 9.37 Å². The number of hydrogen-bond acceptors (Lipinski definition) is 2. The van der Waals surface area contributed by atoms with E-state index in [-0.39, 0.29) is 5.82 Å². The van der Waals surface area contributed by atoms with Gasteiger partial charge >= 0.3 is 0 Å². The van der Waals surface area contributed by atoms with Crippen LogP contribution in [0.3, 0.4) is 0 Å². The molecule has 2 aromatic rings. The summed E-state index contributed by atoms with van der Waals surface area (Å²) >= 11 is 0. The fourth-order valence-corrected chi connectivity index (χ4v) is 1.01. The van der Waals surface area contributed by atoms with Crippen LogP contribution in [-0.4, -0.2) is 9.38 Å². The molecule has 3 nitrogen and oxygen atoms in total. The Hall–Kier alpha value is -1.89. The molecule has 2 heterocycles. The highest BCUT2D eigenvalue weighted by atomic mass is 19.1. The van der Waals surface area contributed by atoms with E-state index in [0.717, 1.165) is 0 Å². The van der Waals surface area contributed by atoms with Crippen LogP contribution in [0.2, 0.25) is 0 Å². The van der Waals surface area contributed by atoms with Crippen LogP contribution in [0.15, 0.2) is 24.5 Å². The molecule has 0 amide bonds. The smallest absolute Gasteiger partial charge is 0.159 e. The van der Waals surface area contributed by atoms with Crippen molar-refractivity contribution in [3.63, 3.8) is 0 Å². The lowest BCUT2D eigenvalue weighted by atomic mass is 10.4. The average molecular weight is 161 g/mol. The van der Waals surface area contributed by atoms with Gasteiger partial charge in [0.15, 0.2) is 5.69 Å². The van der Waals surface area contributed by atoms with Gasteiger partial charge in [-0.1, -0.05) is 0 Å². The van der Waals surface area contributed by atoms with Crippen molar-refractivity contribution in [2.45, 2.75) is 0 Å². The van der Waals surface area contributed by atoms with Gasteiger partial charge in [-0.3, -0.25) is 0 Å². The van der Waals surface area contributed by atoms with Gasteiger partial charge in [0.25, 0.3) is 0 Å². The molecule has 0 aromatic carbocycles.